The van der Waals surface area contributed by atoms with Crippen LogP contribution in [0.4, 0.5) is 10.1 Å². The van der Waals surface area contributed by atoms with E-state index in [1.54, 1.807) is 29.2 Å². The number of ketones is 1. The molecule has 0 saturated carbocycles. The van der Waals surface area contributed by atoms with Crippen LogP contribution in [0.25, 0.3) is 0 Å². The van der Waals surface area contributed by atoms with Crippen LogP contribution in [0.5, 0.6) is 0 Å². The zero-order chi connectivity index (χ0) is 13.0. The largest absolute Gasteiger partial charge is 0.362 e. The fraction of sp³-hybridized carbons (Fsp3) is 0.214. The van der Waals surface area contributed by atoms with Crippen molar-refractivity contribution in [2.24, 2.45) is 0 Å². The van der Waals surface area contributed by atoms with Gasteiger partial charge in [-0.2, -0.15) is 0 Å². The van der Waals surface area contributed by atoms with E-state index in [4.69, 9.17) is 0 Å². The summed E-state index contributed by atoms with van der Waals surface area (Å²) in [6.07, 6.45) is 0. The molecule has 2 nitrogen and oxygen atoms in total. The van der Waals surface area contributed by atoms with E-state index in [-0.39, 0.29) is 18.1 Å². The van der Waals surface area contributed by atoms with Crippen LogP contribution < -0.4 is 4.90 Å². The lowest BCUT2D eigenvalue weighted by atomic mass is 10.2. The quantitative estimate of drug-likeness (QED) is 0.768. The molecule has 0 unspecified atom stereocenters. The summed E-state index contributed by atoms with van der Waals surface area (Å²) in [6, 6.07) is 10.2. The standard InChI is InChI=1S/C14H14FNOS/c1-2-16(12-7-4-3-6-11(12)15)10-13(17)14-8-5-9-18-14/h3-9H,2,10H2,1H3. The average molecular weight is 263 g/mol. The first-order chi connectivity index (χ1) is 8.72. The first-order valence-electron chi connectivity index (χ1n) is 5.78. The molecule has 0 aliphatic heterocycles. The summed E-state index contributed by atoms with van der Waals surface area (Å²) >= 11 is 1.41. The minimum absolute atomic E-state index is 0.0232. The minimum Gasteiger partial charge on any atom is -0.362 e. The number of carbonyl (C=O) groups is 1. The molecule has 0 saturated heterocycles. The molecule has 18 heavy (non-hydrogen) atoms. The van der Waals surface area contributed by atoms with E-state index in [1.807, 2.05) is 18.4 Å². The Morgan fingerprint density at radius 3 is 2.67 bits per heavy atom. The molecule has 1 heterocycles. The van der Waals surface area contributed by atoms with Gasteiger partial charge in [0.2, 0.25) is 0 Å². The molecule has 1 aromatic heterocycles. The Labute approximate surface area is 110 Å². The van der Waals surface area contributed by atoms with Gasteiger partial charge in [0.25, 0.3) is 0 Å². The Morgan fingerprint density at radius 1 is 1.28 bits per heavy atom. The van der Waals surface area contributed by atoms with Gasteiger partial charge in [0.15, 0.2) is 5.78 Å². The Morgan fingerprint density at radius 2 is 2.06 bits per heavy atom. The van der Waals surface area contributed by atoms with Gasteiger partial charge in [0.05, 0.1) is 17.1 Å². The average Bonchev–Trinajstić information content (AvgIpc) is 2.90. The third-order valence-electron chi connectivity index (χ3n) is 2.71. The van der Waals surface area contributed by atoms with Crippen molar-refractivity contribution in [1.29, 1.82) is 0 Å². The summed E-state index contributed by atoms with van der Waals surface area (Å²) in [4.78, 5) is 14.5. The molecular weight excluding hydrogens is 249 g/mol. The van der Waals surface area contributed by atoms with Gasteiger partial charge < -0.3 is 4.90 Å². The van der Waals surface area contributed by atoms with Crippen molar-refractivity contribution >= 4 is 22.8 Å². The maximum atomic E-state index is 13.7. The number of carbonyl (C=O) groups excluding carboxylic acids is 1. The van der Waals surface area contributed by atoms with E-state index in [2.05, 4.69) is 0 Å². The molecule has 0 radical (unpaired) electrons. The Bertz CT molecular complexity index is 524. The number of hydrogen-bond donors (Lipinski definition) is 0. The van der Waals surface area contributed by atoms with Crippen LogP contribution in [0.1, 0.15) is 16.6 Å². The molecule has 2 rings (SSSR count). The van der Waals surface area contributed by atoms with Gasteiger partial charge in [-0.1, -0.05) is 18.2 Å². The van der Waals surface area contributed by atoms with Crippen molar-refractivity contribution in [2.75, 3.05) is 18.0 Å². The van der Waals surface area contributed by atoms with E-state index in [1.165, 1.54) is 17.4 Å². The van der Waals surface area contributed by atoms with Crippen molar-refractivity contribution in [3.05, 3.63) is 52.5 Å². The second-order valence-electron chi connectivity index (χ2n) is 3.87. The zero-order valence-electron chi connectivity index (χ0n) is 10.1. The van der Waals surface area contributed by atoms with Gasteiger partial charge in [-0.25, -0.2) is 4.39 Å². The lowest BCUT2D eigenvalue weighted by Crippen LogP contribution is -2.30. The number of benzene rings is 1. The Balaban J connectivity index is 2.16. The van der Waals surface area contributed by atoms with E-state index < -0.39 is 0 Å². The van der Waals surface area contributed by atoms with E-state index in [0.717, 1.165) is 0 Å². The van der Waals surface area contributed by atoms with Crippen molar-refractivity contribution in [3.63, 3.8) is 0 Å². The number of Topliss-reactive ketones (excluding diaryl/α,β-unsaturated/α-hetero) is 1. The molecule has 0 atom stereocenters. The van der Waals surface area contributed by atoms with Crippen molar-refractivity contribution in [3.8, 4) is 0 Å². The minimum atomic E-state index is -0.293. The number of thiophene rings is 1. The molecule has 0 aliphatic carbocycles. The summed E-state index contributed by atoms with van der Waals surface area (Å²) in [7, 11) is 0. The topological polar surface area (TPSA) is 20.3 Å². The summed E-state index contributed by atoms with van der Waals surface area (Å²) in [5, 5.41) is 1.87. The smallest absolute Gasteiger partial charge is 0.191 e. The molecule has 4 heteroatoms. The number of rotatable bonds is 5. The third kappa shape index (κ3) is 2.76. The summed E-state index contributed by atoms with van der Waals surface area (Å²) in [5.41, 5.74) is 0.477. The maximum absolute atomic E-state index is 13.7. The Kier molecular flexibility index (Phi) is 4.10. The lowest BCUT2D eigenvalue weighted by Gasteiger charge is -2.22. The van der Waals surface area contributed by atoms with Gasteiger partial charge in [-0.15, -0.1) is 11.3 Å². The fourth-order valence-corrected chi connectivity index (χ4v) is 2.42. The van der Waals surface area contributed by atoms with E-state index >= 15 is 0 Å². The summed E-state index contributed by atoms with van der Waals surface area (Å²) in [5.74, 6) is -0.270. The number of nitrogens with zero attached hydrogens (tertiary/aromatic N) is 1. The number of likely N-dealkylation sites (N-methyl/N-ethyl adjacent to an activating group) is 1. The molecule has 1 aromatic carbocycles. The normalized spacial score (nSPS) is 10.3. The maximum Gasteiger partial charge on any atom is 0.191 e. The predicted molar refractivity (Wildman–Crippen MR) is 72.9 cm³/mol. The third-order valence-corrected chi connectivity index (χ3v) is 3.62. The van der Waals surface area contributed by atoms with Crippen molar-refractivity contribution < 1.29 is 9.18 Å². The first-order valence-corrected chi connectivity index (χ1v) is 6.66. The molecule has 0 aliphatic rings. The number of hydrogen-bond acceptors (Lipinski definition) is 3. The lowest BCUT2D eigenvalue weighted by molar-refractivity contribution is 0.100. The number of anilines is 1. The van der Waals surface area contributed by atoms with Gasteiger partial charge in [-0.05, 0) is 30.5 Å². The number of halogens is 1. The second-order valence-corrected chi connectivity index (χ2v) is 4.81. The van der Waals surface area contributed by atoms with Crippen LogP contribution in [0.3, 0.4) is 0 Å². The van der Waals surface area contributed by atoms with Gasteiger partial charge in [-0.3, -0.25) is 4.79 Å². The van der Waals surface area contributed by atoms with Crippen LogP contribution in [0.15, 0.2) is 41.8 Å². The molecule has 0 bridgehead atoms. The van der Waals surface area contributed by atoms with E-state index in [0.29, 0.717) is 17.1 Å². The molecule has 2 aromatic rings. The molecule has 0 amide bonds. The second kappa shape index (κ2) is 5.78. The highest BCUT2D eigenvalue weighted by Gasteiger charge is 2.15. The van der Waals surface area contributed by atoms with Crippen LogP contribution in [-0.4, -0.2) is 18.9 Å². The van der Waals surface area contributed by atoms with Crippen LogP contribution in [0, 0.1) is 5.82 Å². The first kappa shape index (κ1) is 12.8. The predicted octanol–water partition coefficient (Wildman–Crippen LogP) is 3.60. The molecule has 0 fully saturated rings. The summed E-state index contributed by atoms with van der Waals surface area (Å²) < 4.78 is 13.7. The molecule has 0 N–H and O–H groups in total. The molecular formula is C14H14FNOS. The molecule has 0 spiro atoms. The van der Waals surface area contributed by atoms with Crippen LogP contribution in [0.2, 0.25) is 0 Å². The van der Waals surface area contributed by atoms with Gasteiger partial charge in [0.1, 0.15) is 5.82 Å². The number of para-hydroxylation sites is 1. The molecule has 94 valence electrons. The van der Waals surface area contributed by atoms with Crippen molar-refractivity contribution in [1.82, 2.24) is 0 Å². The highest BCUT2D eigenvalue weighted by atomic mass is 32.1. The highest BCUT2D eigenvalue weighted by molar-refractivity contribution is 7.12. The van der Waals surface area contributed by atoms with Crippen LogP contribution >= 0.6 is 11.3 Å². The fourth-order valence-electron chi connectivity index (χ4n) is 1.76. The SMILES string of the molecule is CCN(CC(=O)c1cccs1)c1ccccc1F. The Hall–Kier alpha value is -1.68. The highest BCUT2D eigenvalue weighted by Crippen LogP contribution is 2.19. The van der Waals surface area contributed by atoms with Gasteiger partial charge >= 0.3 is 0 Å². The van der Waals surface area contributed by atoms with Crippen molar-refractivity contribution in [2.45, 2.75) is 6.92 Å². The monoisotopic (exact) mass is 263 g/mol. The van der Waals surface area contributed by atoms with E-state index in [9.17, 15) is 9.18 Å². The van der Waals surface area contributed by atoms with Gasteiger partial charge in [0, 0.05) is 6.54 Å². The van der Waals surface area contributed by atoms with Crippen LogP contribution in [-0.2, 0) is 0 Å². The summed E-state index contributed by atoms with van der Waals surface area (Å²) in [6.45, 7) is 2.71. The zero-order valence-corrected chi connectivity index (χ0v) is 10.9.